The molecule has 1 aliphatic rings. The molecule has 3 atom stereocenters. The smallest absolute Gasteiger partial charge is 0.128 e. The van der Waals surface area contributed by atoms with E-state index in [2.05, 4.69) is 28.9 Å². The summed E-state index contributed by atoms with van der Waals surface area (Å²) in [5, 5.41) is 0. The van der Waals surface area contributed by atoms with Gasteiger partial charge in [0.15, 0.2) is 0 Å². The Morgan fingerprint density at radius 3 is 2.83 bits per heavy atom. The monoisotopic (exact) mass is 249 g/mol. The van der Waals surface area contributed by atoms with E-state index in [1.54, 1.807) is 7.11 Å². The molecule has 0 spiro atoms. The molecule has 100 valence electrons. The molecule has 1 saturated heterocycles. The number of pyridine rings is 1. The van der Waals surface area contributed by atoms with Gasteiger partial charge in [-0.1, -0.05) is 13.0 Å². The Hall–Kier alpha value is -1.13. The summed E-state index contributed by atoms with van der Waals surface area (Å²) in [4.78, 5) is 6.80. The molecule has 4 heteroatoms. The lowest BCUT2D eigenvalue weighted by atomic mass is 9.96. The van der Waals surface area contributed by atoms with Crippen LogP contribution in [0.4, 0.5) is 5.82 Å². The van der Waals surface area contributed by atoms with E-state index >= 15 is 0 Å². The van der Waals surface area contributed by atoms with E-state index < -0.39 is 0 Å². The highest BCUT2D eigenvalue weighted by atomic mass is 16.5. The summed E-state index contributed by atoms with van der Waals surface area (Å²) in [6, 6.07) is 4.16. The maximum absolute atomic E-state index is 5.83. The zero-order valence-corrected chi connectivity index (χ0v) is 11.5. The number of nitrogens with zero attached hydrogens (tertiary/aromatic N) is 2. The summed E-state index contributed by atoms with van der Waals surface area (Å²) in [5.41, 5.74) is 6.91. The van der Waals surface area contributed by atoms with Gasteiger partial charge < -0.3 is 15.4 Å². The fraction of sp³-hybridized carbons (Fsp3) is 0.643. The minimum absolute atomic E-state index is 0.0413. The molecular weight excluding hydrogens is 226 g/mol. The van der Waals surface area contributed by atoms with Gasteiger partial charge in [0.1, 0.15) is 5.82 Å². The first-order valence-corrected chi connectivity index (χ1v) is 6.61. The largest absolute Gasteiger partial charge is 0.379 e. The lowest BCUT2D eigenvalue weighted by molar-refractivity contribution is 0.0496. The van der Waals surface area contributed by atoms with Gasteiger partial charge >= 0.3 is 0 Å². The molecule has 0 amide bonds. The molecule has 1 fully saturated rings. The first-order chi connectivity index (χ1) is 8.61. The summed E-state index contributed by atoms with van der Waals surface area (Å²) < 4.78 is 5.53. The van der Waals surface area contributed by atoms with Crippen LogP contribution in [0.1, 0.15) is 31.9 Å². The maximum atomic E-state index is 5.83. The third kappa shape index (κ3) is 2.82. The second kappa shape index (κ2) is 5.67. The van der Waals surface area contributed by atoms with Gasteiger partial charge in [0, 0.05) is 32.4 Å². The molecule has 18 heavy (non-hydrogen) atoms. The van der Waals surface area contributed by atoms with Gasteiger partial charge in [0.05, 0.1) is 6.10 Å². The van der Waals surface area contributed by atoms with Crippen LogP contribution in [-0.2, 0) is 4.74 Å². The van der Waals surface area contributed by atoms with Crippen LogP contribution in [0.3, 0.4) is 0 Å². The van der Waals surface area contributed by atoms with Crippen molar-refractivity contribution in [2.24, 2.45) is 11.7 Å². The molecule has 2 N–H and O–H groups in total. The van der Waals surface area contributed by atoms with Gasteiger partial charge in [-0.05, 0) is 30.9 Å². The molecule has 0 radical (unpaired) electrons. The highest BCUT2D eigenvalue weighted by Gasteiger charge is 2.26. The average Bonchev–Trinajstić information content (AvgIpc) is 2.39. The van der Waals surface area contributed by atoms with Crippen LogP contribution in [0.2, 0.25) is 0 Å². The second-order valence-corrected chi connectivity index (χ2v) is 5.22. The molecule has 2 heterocycles. The molecule has 3 unspecified atom stereocenters. The van der Waals surface area contributed by atoms with Crippen molar-refractivity contribution < 1.29 is 4.74 Å². The zero-order valence-electron chi connectivity index (χ0n) is 11.5. The van der Waals surface area contributed by atoms with Gasteiger partial charge in [0.25, 0.3) is 0 Å². The third-order valence-electron chi connectivity index (χ3n) is 3.81. The molecular formula is C14H23N3O. The van der Waals surface area contributed by atoms with Crippen LogP contribution in [0, 0.1) is 5.92 Å². The van der Waals surface area contributed by atoms with Gasteiger partial charge in [-0.15, -0.1) is 0 Å². The number of methoxy groups -OCH3 is 1. The average molecular weight is 249 g/mol. The van der Waals surface area contributed by atoms with E-state index in [9.17, 15) is 0 Å². The summed E-state index contributed by atoms with van der Waals surface area (Å²) >= 11 is 0. The van der Waals surface area contributed by atoms with E-state index in [1.165, 1.54) is 0 Å². The van der Waals surface area contributed by atoms with Crippen molar-refractivity contribution in [1.82, 2.24) is 4.98 Å². The molecule has 0 bridgehead atoms. The van der Waals surface area contributed by atoms with Gasteiger partial charge in [-0.2, -0.15) is 0 Å². The number of ether oxygens (including phenoxy) is 1. The van der Waals surface area contributed by atoms with Gasteiger partial charge in [-0.25, -0.2) is 4.98 Å². The summed E-state index contributed by atoms with van der Waals surface area (Å²) in [5.74, 6) is 1.64. The number of piperidine rings is 1. The standard InChI is InChI=1S/C14H23N3O/c1-10-6-7-17(9-13(10)18-3)14-5-4-12(8-16-14)11(2)15/h4-5,8,10-11,13H,6-7,9,15H2,1-3H3. The number of hydrogen-bond acceptors (Lipinski definition) is 4. The van der Waals surface area contributed by atoms with Crippen LogP contribution >= 0.6 is 0 Å². The molecule has 1 aromatic heterocycles. The Labute approximate surface area is 109 Å². The first-order valence-electron chi connectivity index (χ1n) is 6.61. The molecule has 0 aromatic carbocycles. The normalized spacial score (nSPS) is 26.1. The van der Waals surface area contributed by atoms with Crippen molar-refractivity contribution in [3.63, 3.8) is 0 Å². The lowest BCUT2D eigenvalue weighted by Gasteiger charge is -2.36. The summed E-state index contributed by atoms with van der Waals surface area (Å²) in [6.45, 7) is 6.19. The van der Waals surface area contributed by atoms with E-state index in [0.717, 1.165) is 30.9 Å². The van der Waals surface area contributed by atoms with Crippen LogP contribution in [0.25, 0.3) is 0 Å². The first kappa shape index (κ1) is 13.3. The van der Waals surface area contributed by atoms with E-state index in [1.807, 2.05) is 13.1 Å². The number of hydrogen-bond donors (Lipinski definition) is 1. The van der Waals surface area contributed by atoms with Crippen molar-refractivity contribution in [2.75, 3.05) is 25.1 Å². The Morgan fingerprint density at radius 2 is 2.28 bits per heavy atom. The third-order valence-corrected chi connectivity index (χ3v) is 3.81. The zero-order chi connectivity index (χ0) is 13.1. The van der Waals surface area contributed by atoms with Crippen molar-refractivity contribution >= 4 is 5.82 Å². The minimum atomic E-state index is 0.0413. The Kier molecular flexibility index (Phi) is 4.19. The van der Waals surface area contributed by atoms with E-state index in [-0.39, 0.29) is 6.04 Å². The van der Waals surface area contributed by atoms with Crippen LogP contribution in [0.5, 0.6) is 0 Å². The van der Waals surface area contributed by atoms with Crippen molar-refractivity contribution in [3.05, 3.63) is 23.9 Å². The predicted octanol–water partition coefficient (Wildman–Crippen LogP) is 1.96. The van der Waals surface area contributed by atoms with Gasteiger partial charge in [0.2, 0.25) is 0 Å². The Bertz CT molecular complexity index is 377. The number of nitrogens with two attached hydrogens (primary N) is 1. The van der Waals surface area contributed by atoms with Crippen LogP contribution in [-0.4, -0.2) is 31.3 Å². The quantitative estimate of drug-likeness (QED) is 0.889. The fourth-order valence-corrected chi connectivity index (χ4v) is 2.40. The van der Waals surface area contributed by atoms with Crippen LogP contribution in [0.15, 0.2) is 18.3 Å². The molecule has 0 aliphatic carbocycles. The van der Waals surface area contributed by atoms with Gasteiger partial charge in [-0.3, -0.25) is 0 Å². The molecule has 0 saturated carbocycles. The molecule has 2 rings (SSSR count). The molecule has 1 aromatic rings. The maximum Gasteiger partial charge on any atom is 0.128 e. The predicted molar refractivity (Wildman–Crippen MR) is 73.6 cm³/mol. The Morgan fingerprint density at radius 1 is 1.50 bits per heavy atom. The van der Waals surface area contributed by atoms with Crippen molar-refractivity contribution in [2.45, 2.75) is 32.4 Å². The minimum Gasteiger partial charge on any atom is -0.379 e. The highest BCUT2D eigenvalue weighted by molar-refractivity contribution is 5.40. The van der Waals surface area contributed by atoms with Crippen LogP contribution < -0.4 is 10.6 Å². The summed E-state index contributed by atoms with van der Waals surface area (Å²) in [7, 11) is 1.79. The van der Waals surface area contributed by atoms with E-state index in [4.69, 9.17) is 10.5 Å². The molecule has 4 nitrogen and oxygen atoms in total. The Balaban J connectivity index is 2.07. The van der Waals surface area contributed by atoms with Crippen molar-refractivity contribution in [3.8, 4) is 0 Å². The number of aromatic nitrogens is 1. The topological polar surface area (TPSA) is 51.4 Å². The lowest BCUT2D eigenvalue weighted by Crippen LogP contribution is -2.44. The molecule has 1 aliphatic heterocycles. The number of rotatable bonds is 3. The van der Waals surface area contributed by atoms with Crippen molar-refractivity contribution in [1.29, 1.82) is 0 Å². The van der Waals surface area contributed by atoms with E-state index in [0.29, 0.717) is 12.0 Å². The second-order valence-electron chi connectivity index (χ2n) is 5.22. The highest BCUT2D eigenvalue weighted by Crippen LogP contribution is 2.24. The fourth-order valence-electron chi connectivity index (χ4n) is 2.40. The number of anilines is 1. The SMILES string of the molecule is COC1CN(c2ccc(C(C)N)cn2)CCC1C. The summed E-state index contributed by atoms with van der Waals surface area (Å²) in [6.07, 6.45) is 3.32.